The highest BCUT2D eigenvalue weighted by molar-refractivity contribution is 7.80. The molecule has 4 atom stereocenters. The van der Waals surface area contributed by atoms with E-state index in [1.807, 2.05) is 0 Å². The third-order valence-electron chi connectivity index (χ3n) is 8.49. The summed E-state index contributed by atoms with van der Waals surface area (Å²) in [7, 11) is 0. The summed E-state index contributed by atoms with van der Waals surface area (Å²) in [4.78, 5) is 1.16. The lowest BCUT2D eigenvalue weighted by molar-refractivity contribution is 0.233. The zero-order chi connectivity index (χ0) is 18.6. The van der Waals surface area contributed by atoms with Gasteiger partial charge in [0.15, 0.2) is 0 Å². The average molecular weight is 381 g/mol. The SMILES string of the molecule is C=C1C2CC3(c4ccccc4)CC1C(C(=S)NC1CCC(CN)CC1)(C2)C3. The van der Waals surface area contributed by atoms with Crippen LogP contribution in [0.4, 0.5) is 0 Å². The van der Waals surface area contributed by atoms with Crippen molar-refractivity contribution in [2.75, 3.05) is 6.54 Å². The monoisotopic (exact) mass is 380 g/mol. The van der Waals surface area contributed by atoms with E-state index in [2.05, 4.69) is 42.2 Å². The van der Waals surface area contributed by atoms with Gasteiger partial charge in [0.25, 0.3) is 0 Å². The molecule has 4 unspecified atom stereocenters. The van der Waals surface area contributed by atoms with Crippen molar-refractivity contribution in [3.8, 4) is 0 Å². The van der Waals surface area contributed by atoms with Gasteiger partial charge in [0.2, 0.25) is 0 Å². The summed E-state index contributed by atoms with van der Waals surface area (Å²) in [6, 6.07) is 11.8. The minimum absolute atomic E-state index is 0.163. The Labute approximate surface area is 169 Å². The molecule has 5 fully saturated rings. The Morgan fingerprint density at radius 2 is 1.85 bits per heavy atom. The molecular weight excluding hydrogens is 348 g/mol. The summed E-state index contributed by atoms with van der Waals surface area (Å²) in [6.07, 6.45) is 9.90. The van der Waals surface area contributed by atoms with Crippen LogP contribution in [0, 0.1) is 23.2 Å². The number of hydrogen-bond donors (Lipinski definition) is 2. The van der Waals surface area contributed by atoms with Gasteiger partial charge in [-0.2, -0.15) is 0 Å². The van der Waals surface area contributed by atoms with Crippen molar-refractivity contribution >= 4 is 17.2 Å². The van der Waals surface area contributed by atoms with E-state index in [1.54, 1.807) is 0 Å². The van der Waals surface area contributed by atoms with Crippen LogP contribution in [0.5, 0.6) is 0 Å². The Bertz CT molecular complexity index is 751. The molecule has 0 aliphatic heterocycles. The van der Waals surface area contributed by atoms with Crippen LogP contribution < -0.4 is 11.1 Å². The maximum absolute atomic E-state index is 6.13. The van der Waals surface area contributed by atoms with E-state index >= 15 is 0 Å². The molecule has 3 heteroatoms. The van der Waals surface area contributed by atoms with Crippen LogP contribution in [0.1, 0.15) is 56.9 Å². The first-order chi connectivity index (χ1) is 13.1. The van der Waals surface area contributed by atoms with Gasteiger partial charge in [0, 0.05) is 11.5 Å². The molecule has 0 heterocycles. The lowest BCUT2D eigenvalue weighted by Gasteiger charge is -2.42. The van der Waals surface area contributed by atoms with Crippen molar-refractivity contribution in [3.05, 3.63) is 48.0 Å². The molecule has 0 radical (unpaired) electrons. The maximum Gasteiger partial charge on any atom is 0.0824 e. The Morgan fingerprint density at radius 3 is 2.56 bits per heavy atom. The van der Waals surface area contributed by atoms with Gasteiger partial charge >= 0.3 is 0 Å². The molecule has 0 spiro atoms. The predicted octanol–water partition coefficient (Wildman–Crippen LogP) is 4.74. The molecule has 2 nitrogen and oxygen atoms in total. The molecule has 0 amide bonds. The van der Waals surface area contributed by atoms with Crippen LogP contribution in [0.25, 0.3) is 0 Å². The minimum atomic E-state index is 0.163. The second-order valence-electron chi connectivity index (χ2n) is 9.84. The van der Waals surface area contributed by atoms with Gasteiger partial charge in [0.1, 0.15) is 0 Å². The first-order valence-electron chi connectivity index (χ1n) is 10.8. The highest BCUT2D eigenvalue weighted by atomic mass is 32.1. The number of allylic oxidation sites excluding steroid dienone is 1. The number of hydrogen-bond acceptors (Lipinski definition) is 2. The number of nitrogens with two attached hydrogens (primary N) is 1. The summed E-state index contributed by atoms with van der Waals surface area (Å²) in [5, 5.41) is 3.85. The van der Waals surface area contributed by atoms with Gasteiger partial charge in [0.05, 0.1) is 4.99 Å². The van der Waals surface area contributed by atoms with Gasteiger partial charge < -0.3 is 11.1 Å². The lowest BCUT2D eigenvalue weighted by Crippen LogP contribution is -2.47. The van der Waals surface area contributed by atoms with Crippen molar-refractivity contribution in [3.63, 3.8) is 0 Å². The second-order valence-corrected chi connectivity index (χ2v) is 10.3. The normalized spacial score (nSPS) is 42.5. The Kier molecular flexibility index (Phi) is 4.25. The van der Waals surface area contributed by atoms with Crippen LogP contribution in [0.3, 0.4) is 0 Å². The summed E-state index contributed by atoms with van der Waals surface area (Å²) < 4.78 is 0. The molecule has 5 aliphatic carbocycles. The van der Waals surface area contributed by atoms with Crippen molar-refractivity contribution in [1.29, 1.82) is 0 Å². The number of nitrogens with one attached hydrogen (secondary N) is 1. The molecule has 5 aliphatic rings. The second kappa shape index (κ2) is 6.42. The van der Waals surface area contributed by atoms with Crippen LogP contribution in [-0.4, -0.2) is 17.6 Å². The van der Waals surface area contributed by atoms with Crippen molar-refractivity contribution in [1.82, 2.24) is 5.32 Å². The Balaban J connectivity index is 1.38. The van der Waals surface area contributed by atoms with E-state index in [-0.39, 0.29) is 5.41 Å². The number of rotatable bonds is 4. The quantitative estimate of drug-likeness (QED) is 0.585. The van der Waals surface area contributed by atoms with Crippen LogP contribution in [-0.2, 0) is 5.41 Å². The molecule has 1 aromatic carbocycles. The molecule has 0 aromatic heterocycles. The predicted molar refractivity (Wildman–Crippen MR) is 116 cm³/mol. The minimum Gasteiger partial charge on any atom is -0.376 e. The summed E-state index contributed by atoms with van der Waals surface area (Å²) in [5.41, 5.74) is 9.37. The smallest absolute Gasteiger partial charge is 0.0824 e. The first-order valence-corrected chi connectivity index (χ1v) is 11.2. The molecule has 4 bridgehead atoms. The fourth-order valence-electron chi connectivity index (χ4n) is 7.10. The van der Waals surface area contributed by atoms with E-state index in [4.69, 9.17) is 18.0 Å². The van der Waals surface area contributed by atoms with E-state index in [0.29, 0.717) is 29.2 Å². The lowest BCUT2D eigenvalue weighted by atomic mass is 9.63. The van der Waals surface area contributed by atoms with E-state index < -0.39 is 0 Å². The fraction of sp³-hybridized carbons (Fsp3) is 0.625. The third-order valence-corrected chi connectivity index (χ3v) is 9.01. The molecule has 27 heavy (non-hydrogen) atoms. The molecule has 3 N–H and O–H groups in total. The highest BCUT2D eigenvalue weighted by Crippen LogP contribution is 2.72. The third kappa shape index (κ3) is 2.65. The van der Waals surface area contributed by atoms with Crippen LogP contribution in [0.15, 0.2) is 42.5 Å². The van der Waals surface area contributed by atoms with E-state index in [1.165, 1.54) is 62.5 Å². The maximum atomic E-state index is 6.13. The average Bonchev–Trinajstić information content (AvgIpc) is 3.07. The molecule has 6 rings (SSSR count). The van der Waals surface area contributed by atoms with Gasteiger partial charge in [-0.25, -0.2) is 0 Å². The number of benzene rings is 1. The van der Waals surface area contributed by atoms with Gasteiger partial charge in [-0.1, -0.05) is 54.7 Å². The summed E-state index contributed by atoms with van der Waals surface area (Å²) >= 11 is 6.13. The van der Waals surface area contributed by atoms with Crippen molar-refractivity contribution in [2.24, 2.45) is 28.9 Å². The zero-order valence-electron chi connectivity index (χ0n) is 16.3. The first kappa shape index (κ1) is 17.9. The number of thiocarbonyl (C=S) groups is 1. The Morgan fingerprint density at radius 1 is 1.11 bits per heavy atom. The van der Waals surface area contributed by atoms with Gasteiger partial charge in [-0.3, -0.25) is 0 Å². The highest BCUT2D eigenvalue weighted by Gasteiger charge is 2.67. The standard InChI is InChI=1S/C24H32N2S/c1-16-18-11-23(19-5-3-2-4-6-19)13-21(16)24(12-18,15-23)22(27)26-20-9-7-17(14-25)8-10-20/h2-6,17-18,20-21H,1,7-15,25H2,(H,26,27). The van der Waals surface area contributed by atoms with Crippen LogP contribution >= 0.6 is 12.2 Å². The topological polar surface area (TPSA) is 38.0 Å². The fourth-order valence-corrected chi connectivity index (χ4v) is 7.57. The molecule has 144 valence electrons. The van der Waals surface area contributed by atoms with Crippen LogP contribution in [0.2, 0.25) is 0 Å². The van der Waals surface area contributed by atoms with Gasteiger partial charge in [-0.05, 0) is 86.6 Å². The summed E-state index contributed by atoms with van der Waals surface area (Å²) in [5.74, 6) is 1.96. The molecule has 1 aromatic rings. The molecular formula is C24H32N2S. The Hall–Kier alpha value is -1.19. The summed E-state index contributed by atoms with van der Waals surface area (Å²) in [6.45, 7) is 5.37. The van der Waals surface area contributed by atoms with E-state index in [9.17, 15) is 0 Å². The van der Waals surface area contributed by atoms with Crippen molar-refractivity contribution in [2.45, 2.75) is 62.8 Å². The van der Waals surface area contributed by atoms with Crippen molar-refractivity contribution < 1.29 is 0 Å². The zero-order valence-corrected chi connectivity index (χ0v) is 17.1. The molecule has 0 saturated heterocycles. The van der Waals surface area contributed by atoms with E-state index in [0.717, 1.165) is 11.5 Å². The largest absolute Gasteiger partial charge is 0.376 e. The molecule has 5 saturated carbocycles. The van der Waals surface area contributed by atoms with Gasteiger partial charge in [-0.15, -0.1) is 0 Å².